The van der Waals surface area contributed by atoms with Gasteiger partial charge < -0.3 is 19.5 Å². The van der Waals surface area contributed by atoms with Crippen molar-refractivity contribution in [3.8, 4) is 28.4 Å². The number of amides is 1. The number of para-hydroxylation sites is 1. The molecule has 1 fully saturated rings. The molecule has 0 atom stereocenters. The van der Waals surface area contributed by atoms with Crippen molar-refractivity contribution in [2.24, 2.45) is 0 Å². The lowest BCUT2D eigenvalue weighted by Gasteiger charge is -2.38. The van der Waals surface area contributed by atoms with Crippen LogP contribution in [0, 0.1) is 0 Å². The monoisotopic (exact) mass is 481 g/mol. The third kappa shape index (κ3) is 4.22. The summed E-state index contributed by atoms with van der Waals surface area (Å²) < 4.78 is 18.6. The van der Waals surface area contributed by atoms with Crippen LogP contribution in [0.5, 0.6) is 11.5 Å². The van der Waals surface area contributed by atoms with Crippen LogP contribution in [-0.4, -0.2) is 42.2 Å². The van der Waals surface area contributed by atoms with Gasteiger partial charge >= 0.3 is 0 Å². The topological polar surface area (TPSA) is 74.6 Å². The van der Waals surface area contributed by atoms with Crippen LogP contribution in [0.4, 0.5) is 0 Å². The molecule has 3 aromatic carbocycles. The van der Waals surface area contributed by atoms with E-state index in [4.69, 9.17) is 19.3 Å². The van der Waals surface area contributed by atoms with E-state index in [-0.39, 0.29) is 18.1 Å². The summed E-state index contributed by atoms with van der Waals surface area (Å²) in [5.41, 5.74) is 3.86. The fraction of sp³-hybridized carbons (Fsp3) is 0.241. The minimum absolute atomic E-state index is 0.150. The summed E-state index contributed by atoms with van der Waals surface area (Å²) in [4.78, 5) is 13.6. The molecule has 1 saturated heterocycles. The summed E-state index contributed by atoms with van der Waals surface area (Å²) in [6.07, 6.45) is 3.42. The zero-order chi connectivity index (χ0) is 24.4. The van der Waals surface area contributed by atoms with Crippen molar-refractivity contribution in [1.29, 1.82) is 0 Å². The molecule has 1 aromatic heterocycles. The summed E-state index contributed by atoms with van der Waals surface area (Å²) in [5.74, 6) is 1.36. The summed E-state index contributed by atoms with van der Waals surface area (Å²) in [6.45, 7) is 2.01. The highest BCUT2D eigenvalue weighted by Gasteiger charge is 2.36. The van der Waals surface area contributed by atoms with Gasteiger partial charge in [0.15, 0.2) is 11.5 Å². The minimum Gasteiger partial charge on any atom is -0.454 e. The molecule has 0 unspecified atom stereocenters. The van der Waals surface area contributed by atoms with Crippen molar-refractivity contribution in [2.45, 2.75) is 18.3 Å². The van der Waals surface area contributed by atoms with E-state index < -0.39 is 0 Å². The summed E-state index contributed by atoms with van der Waals surface area (Å²) >= 11 is 0. The molecular formula is C29H27N3O4. The van der Waals surface area contributed by atoms with Crippen LogP contribution in [0.3, 0.4) is 0 Å². The first-order valence-electron chi connectivity index (χ1n) is 12.2. The molecule has 0 radical (unpaired) electrons. The van der Waals surface area contributed by atoms with Crippen molar-refractivity contribution in [2.75, 3.05) is 26.6 Å². The molecule has 36 heavy (non-hydrogen) atoms. The number of rotatable bonds is 6. The van der Waals surface area contributed by atoms with Gasteiger partial charge in [0.1, 0.15) is 5.69 Å². The molecule has 4 aromatic rings. The first-order valence-corrected chi connectivity index (χ1v) is 12.2. The van der Waals surface area contributed by atoms with Gasteiger partial charge in [-0.3, -0.25) is 4.79 Å². The average molecular weight is 482 g/mol. The van der Waals surface area contributed by atoms with Crippen LogP contribution in [0.2, 0.25) is 0 Å². The van der Waals surface area contributed by atoms with Crippen molar-refractivity contribution in [3.63, 3.8) is 0 Å². The molecule has 1 amide bonds. The number of ether oxygens (including phenoxy) is 3. The van der Waals surface area contributed by atoms with E-state index in [2.05, 4.69) is 11.4 Å². The van der Waals surface area contributed by atoms with E-state index in [0.29, 0.717) is 31.0 Å². The van der Waals surface area contributed by atoms with E-state index in [0.717, 1.165) is 41.2 Å². The van der Waals surface area contributed by atoms with Crippen LogP contribution in [0.1, 0.15) is 28.8 Å². The van der Waals surface area contributed by atoms with Gasteiger partial charge in [0, 0.05) is 36.9 Å². The summed E-state index contributed by atoms with van der Waals surface area (Å²) in [5, 5.41) is 8.02. The standard InChI is InChI=1S/C29H27N3O4/c33-28(24-18-32(23-9-5-2-6-10-23)31-27(24)21-7-3-1-4-8-21)30-19-29(13-15-34-16-14-29)22-11-12-25-26(17-22)36-20-35-25/h1-12,17-18H,13-16,19-20H2,(H,30,33). The van der Waals surface area contributed by atoms with Crippen molar-refractivity contribution in [3.05, 3.63) is 96.2 Å². The molecule has 0 aliphatic carbocycles. The Morgan fingerprint density at radius 1 is 0.917 bits per heavy atom. The second-order valence-electron chi connectivity index (χ2n) is 9.18. The molecule has 0 saturated carbocycles. The first kappa shape index (κ1) is 22.4. The third-order valence-corrected chi connectivity index (χ3v) is 7.05. The van der Waals surface area contributed by atoms with Crippen LogP contribution in [0.25, 0.3) is 16.9 Å². The number of nitrogens with zero attached hydrogens (tertiary/aromatic N) is 2. The molecule has 2 aliphatic rings. The normalized spacial score (nSPS) is 16.0. The Hall–Kier alpha value is -4.10. The molecule has 1 N–H and O–H groups in total. The SMILES string of the molecule is O=C(NCC1(c2ccc3c(c2)OCO3)CCOCC1)c1cn(-c2ccccc2)nc1-c1ccccc1. The summed E-state index contributed by atoms with van der Waals surface area (Å²) in [6, 6.07) is 25.7. The maximum Gasteiger partial charge on any atom is 0.255 e. The van der Waals surface area contributed by atoms with Gasteiger partial charge in [0.25, 0.3) is 5.91 Å². The smallest absolute Gasteiger partial charge is 0.255 e. The van der Waals surface area contributed by atoms with Crippen LogP contribution in [-0.2, 0) is 10.2 Å². The number of hydrogen-bond donors (Lipinski definition) is 1. The Balaban J connectivity index is 1.31. The number of fused-ring (bicyclic) bond motifs is 1. The quantitative estimate of drug-likeness (QED) is 0.430. The van der Waals surface area contributed by atoms with Gasteiger partial charge in [-0.1, -0.05) is 54.6 Å². The lowest BCUT2D eigenvalue weighted by Crippen LogP contribution is -2.44. The fourth-order valence-electron chi connectivity index (χ4n) is 4.96. The van der Waals surface area contributed by atoms with Gasteiger partial charge in [-0.25, -0.2) is 4.68 Å². The van der Waals surface area contributed by atoms with E-state index in [1.807, 2.05) is 79.0 Å². The lowest BCUT2D eigenvalue weighted by molar-refractivity contribution is 0.0486. The Kier molecular flexibility index (Phi) is 5.91. The molecule has 0 bridgehead atoms. The molecule has 3 heterocycles. The molecule has 7 heteroatoms. The highest BCUT2D eigenvalue weighted by molar-refractivity contribution is 6.00. The van der Waals surface area contributed by atoms with Gasteiger partial charge in [0.2, 0.25) is 6.79 Å². The van der Waals surface area contributed by atoms with E-state index in [9.17, 15) is 4.79 Å². The second kappa shape index (κ2) is 9.51. The number of aromatic nitrogens is 2. The zero-order valence-electron chi connectivity index (χ0n) is 19.9. The molecule has 7 nitrogen and oxygen atoms in total. The molecule has 2 aliphatic heterocycles. The van der Waals surface area contributed by atoms with Gasteiger partial charge in [0.05, 0.1) is 11.3 Å². The Morgan fingerprint density at radius 3 is 2.42 bits per heavy atom. The van der Waals surface area contributed by atoms with Gasteiger partial charge in [-0.2, -0.15) is 5.10 Å². The Bertz CT molecular complexity index is 1360. The van der Waals surface area contributed by atoms with E-state index >= 15 is 0 Å². The third-order valence-electron chi connectivity index (χ3n) is 7.05. The van der Waals surface area contributed by atoms with Crippen LogP contribution >= 0.6 is 0 Å². The van der Waals surface area contributed by atoms with Crippen molar-refractivity contribution in [1.82, 2.24) is 15.1 Å². The highest BCUT2D eigenvalue weighted by Crippen LogP contribution is 2.40. The van der Waals surface area contributed by atoms with Crippen molar-refractivity contribution >= 4 is 5.91 Å². The average Bonchev–Trinajstić information content (AvgIpc) is 3.61. The van der Waals surface area contributed by atoms with Gasteiger partial charge in [-0.15, -0.1) is 0 Å². The van der Waals surface area contributed by atoms with E-state index in [1.54, 1.807) is 4.68 Å². The number of carbonyl (C=O) groups excluding carboxylic acids is 1. The maximum absolute atomic E-state index is 13.6. The van der Waals surface area contributed by atoms with Crippen molar-refractivity contribution < 1.29 is 19.0 Å². The lowest BCUT2D eigenvalue weighted by atomic mass is 9.74. The molecule has 182 valence electrons. The van der Waals surface area contributed by atoms with E-state index in [1.165, 1.54) is 0 Å². The first-order chi connectivity index (χ1) is 17.7. The predicted molar refractivity (Wildman–Crippen MR) is 136 cm³/mol. The zero-order valence-corrected chi connectivity index (χ0v) is 19.9. The minimum atomic E-state index is -0.253. The number of nitrogens with one attached hydrogen (secondary N) is 1. The second-order valence-corrected chi connectivity index (χ2v) is 9.18. The maximum atomic E-state index is 13.6. The Morgan fingerprint density at radius 2 is 1.64 bits per heavy atom. The van der Waals surface area contributed by atoms with Crippen LogP contribution < -0.4 is 14.8 Å². The summed E-state index contributed by atoms with van der Waals surface area (Å²) in [7, 11) is 0. The Labute approximate surface area is 209 Å². The number of carbonyl (C=O) groups is 1. The molecular weight excluding hydrogens is 454 g/mol. The number of hydrogen-bond acceptors (Lipinski definition) is 5. The predicted octanol–water partition coefficient (Wildman–Crippen LogP) is 4.75. The number of benzene rings is 3. The molecule has 0 spiro atoms. The largest absolute Gasteiger partial charge is 0.454 e. The fourth-order valence-corrected chi connectivity index (χ4v) is 4.96. The highest BCUT2D eigenvalue weighted by atomic mass is 16.7. The molecule has 6 rings (SSSR count). The van der Waals surface area contributed by atoms with Crippen LogP contribution in [0.15, 0.2) is 85.1 Å². The van der Waals surface area contributed by atoms with Gasteiger partial charge in [-0.05, 0) is 42.7 Å².